The molecule has 2 aliphatic heterocycles. The molecule has 13 heavy (non-hydrogen) atoms. The summed E-state index contributed by atoms with van der Waals surface area (Å²) >= 11 is 1.94. The number of amides is 1. The SMILES string of the molecule is O=C(NC1CCSC1)[C@@H]1CCNC1. The van der Waals surface area contributed by atoms with Crippen LogP contribution in [0.2, 0.25) is 0 Å². The highest BCUT2D eigenvalue weighted by atomic mass is 32.2. The van der Waals surface area contributed by atoms with Gasteiger partial charge in [-0.15, -0.1) is 0 Å². The molecule has 2 N–H and O–H groups in total. The van der Waals surface area contributed by atoms with Gasteiger partial charge in [-0.3, -0.25) is 4.79 Å². The highest BCUT2D eigenvalue weighted by Gasteiger charge is 2.25. The maximum atomic E-state index is 11.6. The van der Waals surface area contributed by atoms with E-state index < -0.39 is 0 Å². The van der Waals surface area contributed by atoms with Gasteiger partial charge in [-0.2, -0.15) is 11.8 Å². The zero-order chi connectivity index (χ0) is 9.10. The molecule has 2 fully saturated rings. The first-order valence-corrected chi connectivity index (χ1v) is 6.10. The zero-order valence-electron chi connectivity index (χ0n) is 7.71. The third kappa shape index (κ3) is 2.38. The molecule has 1 amide bonds. The van der Waals surface area contributed by atoms with Crippen LogP contribution in [-0.2, 0) is 4.79 Å². The second-order valence-corrected chi connectivity index (χ2v) is 4.91. The number of carbonyl (C=O) groups excluding carboxylic acids is 1. The van der Waals surface area contributed by atoms with Crippen molar-refractivity contribution in [2.45, 2.75) is 18.9 Å². The largest absolute Gasteiger partial charge is 0.352 e. The Bertz CT molecular complexity index is 186. The molecule has 4 heteroatoms. The zero-order valence-corrected chi connectivity index (χ0v) is 8.53. The Morgan fingerprint density at radius 3 is 3.00 bits per heavy atom. The molecule has 2 rings (SSSR count). The minimum atomic E-state index is 0.227. The van der Waals surface area contributed by atoms with Crippen LogP contribution < -0.4 is 10.6 Å². The summed E-state index contributed by atoms with van der Waals surface area (Å²) in [6.45, 7) is 1.86. The third-order valence-electron chi connectivity index (χ3n) is 2.71. The lowest BCUT2D eigenvalue weighted by molar-refractivity contribution is -0.124. The molecule has 0 radical (unpaired) electrons. The van der Waals surface area contributed by atoms with Gasteiger partial charge in [-0.1, -0.05) is 0 Å². The van der Waals surface area contributed by atoms with Gasteiger partial charge in [0.25, 0.3) is 0 Å². The minimum absolute atomic E-state index is 0.227. The lowest BCUT2D eigenvalue weighted by atomic mass is 10.1. The topological polar surface area (TPSA) is 41.1 Å². The van der Waals surface area contributed by atoms with Gasteiger partial charge in [0, 0.05) is 18.3 Å². The van der Waals surface area contributed by atoms with Gasteiger partial charge in [0.05, 0.1) is 5.92 Å². The van der Waals surface area contributed by atoms with Crippen molar-refractivity contribution < 1.29 is 4.79 Å². The molecule has 0 aromatic heterocycles. The summed E-state index contributed by atoms with van der Waals surface area (Å²) in [5.41, 5.74) is 0. The average Bonchev–Trinajstić information content (AvgIpc) is 2.74. The van der Waals surface area contributed by atoms with E-state index in [1.54, 1.807) is 0 Å². The van der Waals surface area contributed by atoms with Crippen molar-refractivity contribution in [3.05, 3.63) is 0 Å². The summed E-state index contributed by atoms with van der Waals surface area (Å²) in [5.74, 6) is 2.79. The molecule has 1 unspecified atom stereocenters. The molecule has 2 heterocycles. The van der Waals surface area contributed by atoms with E-state index in [0.29, 0.717) is 6.04 Å². The van der Waals surface area contributed by atoms with E-state index >= 15 is 0 Å². The molecule has 2 atom stereocenters. The van der Waals surface area contributed by atoms with Crippen molar-refractivity contribution in [2.24, 2.45) is 5.92 Å². The first-order chi connectivity index (χ1) is 6.36. The highest BCUT2D eigenvalue weighted by Crippen LogP contribution is 2.18. The van der Waals surface area contributed by atoms with Gasteiger partial charge >= 0.3 is 0 Å². The predicted octanol–water partition coefficient (Wildman–Crippen LogP) is 0.218. The summed E-state index contributed by atoms with van der Waals surface area (Å²) in [6, 6.07) is 0.443. The minimum Gasteiger partial charge on any atom is -0.352 e. The maximum Gasteiger partial charge on any atom is 0.224 e. The number of nitrogens with one attached hydrogen (secondary N) is 2. The maximum absolute atomic E-state index is 11.6. The van der Waals surface area contributed by atoms with E-state index in [0.717, 1.165) is 31.7 Å². The van der Waals surface area contributed by atoms with Gasteiger partial charge < -0.3 is 10.6 Å². The fraction of sp³-hybridized carbons (Fsp3) is 0.889. The Balaban J connectivity index is 1.76. The summed E-state index contributed by atoms with van der Waals surface area (Å²) in [4.78, 5) is 11.6. The van der Waals surface area contributed by atoms with Crippen LogP contribution in [0.1, 0.15) is 12.8 Å². The summed E-state index contributed by atoms with van der Waals surface area (Å²) < 4.78 is 0. The third-order valence-corrected chi connectivity index (χ3v) is 3.87. The lowest BCUT2D eigenvalue weighted by Crippen LogP contribution is -2.39. The van der Waals surface area contributed by atoms with Crippen molar-refractivity contribution in [1.82, 2.24) is 10.6 Å². The van der Waals surface area contributed by atoms with Crippen molar-refractivity contribution in [1.29, 1.82) is 0 Å². The second-order valence-electron chi connectivity index (χ2n) is 3.76. The Morgan fingerprint density at radius 2 is 2.38 bits per heavy atom. The second kappa shape index (κ2) is 4.33. The van der Waals surface area contributed by atoms with Crippen LogP contribution in [0.3, 0.4) is 0 Å². The average molecular weight is 200 g/mol. The van der Waals surface area contributed by atoms with Gasteiger partial charge in [-0.05, 0) is 25.1 Å². The van der Waals surface area contributed by atoms with Gasteiger partial charge in [0.15, 0.2) is 0 Å². The standard InChI is InChI=1S/C9H16N2OS/c12-9(7-1-3-10-5-7)11-8-2-4-13-6-8/h7-8,10H,1-6H2,(H,11,12)/t7-,8?/m1/s1. The van der Waals surface area contributed by atoms with Crippen LogP contribution in [0.25, 0.3) is 0 Å². The van der Waals surface area contributed by atoms with Crippen LogP contribution in [0, 0.1) is 5.92 Å². The normalized spacial score (nSPS) is 33.5. The smallest absolute Gasteiger partial charge is 0.224 e. The first-order valence-electron chi connectivity index (χ1n) is 4.95. The Kier molecular flexibility index (Phi) is 3.11. The molecule has 2 aliphatic rings. The van der Waals surface area contributed by atoms with Gasteiger partial charge in [0.2, 0.25) is 5.91 Å². The number of carbonyl (C=O) groups is 1. The summed E-state index contributed by atoms with van der Waals surface area (Å²) in [7, 11) is 0. The van der Waals surface area contributed by atoms with E-state index in [1.165, 1.54) is 5.75 Å². The van der Waals surface area contributed by atoms with Gasteiger partial charge in [-0.25, -0.2) is 0 Å². The molecule has 3 nitrogen and oxygen atoms in total. The molecule has 2 saturated heterocycles. The first kappa shape index (κ1) is 9.34. The van der Waals surface area contributed by atoms with Crippen LogP contribution in [-0.4, -0.2) is 36.5 Å². The molecule has 0 aromatic carbocycles. The fourth-order valence-corrected chi connectivity index (χ4v) is 3.00. The monoisotopic (exact) mass is 200 g/mol. The number of thioether (sulfide) groups is 1. The fourth-order valence-electron chi connectivity index (χ4n) is 1.85. The molecule has 74 valence electrons. The van der Waals surface area contributed by atoms with E-state index in [2.05, 4.69) is 10.6 Å². The van der Waals surface area contributed by atoms with E-state index in [1.807, 2.05) is 11.8 Å². The molecule has 0 bridgehead atoms. The summed E-state index contributed by atoms with van der Waals surface area (Å²) in [5, 5.41) is 6.33. The number of rotatable bonds is 2. The summed E-state index contributed by atoms with van der Waals surface area (Å²) in [6.07, 6.45) is 2.16. The highest BCUT2D eigenvalue weighted by molar-refractivity contribution is 7.99. The quantitative estimate of drug-likeness (QED) is 0.670. The molecule has 0 saturated carbocycles. The van der Waals surface area contributed by atoms with Crippen molar-refractivity contribution >= 4 is 17.7 Å². The van der Waals surface area contributed by atoms with Gasteiger partial charge in [0.1, 0.15) is 0 Å². The van der Waals surface area contributed by atoms with E-state index in [-0.39, 0.29) is 11.8 Å². The molecule has 0 aromatic rings. The van der Waals surface area contributed by atoms with Crippen molar-refractivity contribution in [3.8, 4) is 0 Å². The molecule has 0 spiro atoms. The predicted molar refractivity (Wildman–Crippen MR) is 54.8 cm³/mol. The number of hydrogen-bond donors (Lipinski definition) is 2. The van der Waals surface area contributed by atoms with Crippen LogP contribution in [0.4, 0.5) is 0 Å². The number of hydrogen-bond acceptors (Lipinski definition) is 3. The Morgan fingerprint density at radius 1 is 1.46 bits per heavy atom. The van der Waals surface area contributed by atoms with Crippen LogP contribution in [0.5, 0.6) is 0 Å². The van der Waals surface area contributed by atoms with E-state index in [4.69, 9.17) is 0 Å². The Labute approximate surface area is 83.0 Å². The lowest BCUT2D eigenvalue weighted by Gasteiger charge is -2.14. The van der Waals surface area contributed by atoms with E-state index in [9.17, 15) is 4.79 Å². The van der Waals surface area contributed by atoms with Crippen LogP contribution in [0.15, 0.2) is 0 Å². The molecular formula is C9H16N2OS. The van der Waals surface area contributed by atoms with Crippen LogP contribution >= 0.6 is 11.8 Å². The van der Waals surface area contributed by atoms with Crippen molar-refractivity contribution in [3.63, 3.8) is 0 Å². The Hall–Kier alpha value is -0.220. The molecule has 0 aliphatic carbocycles. The van der Waals surface area contributed by atoms with Crippen molar-refractivity contribution in [2.75, 3.05) is 24.6 Å². The molecular weight excluding hydrogens is 184 g/mol.